The molecule has 2 aliphatic rings. The molecule has 10 heteroatoms. The van der Waals surface area contributed by atoms with Crippen LogP contribution in [0.15, 0.2) is 36.7 Å². The maximum absolute atomic E-state index is 15.0. The third-order valence-corrected chi connectivity index (χ3v) is 6.59. The van der Waals surface area contributed by atoms with Gasteiger partial charge in [-0.1, -0.05) is 0 Å². The van der Waals surface area contributed by atoms with Gasteiger partial charge in [0.15, 0.2) is 5.82 Å². The SMILES string of the molecule is CC(C)N1c2cc(-c3nc(Nc4ccc(C(=O)N5CCCCC5)cn4)ncc3F)cc(F)c2NC1C. The van der Waals surface area contributed by atoms with Crippen molar-refractivity contribution in [1.29, 1.82) is 0 Å². The number of carbonyl (C=O) groups is 1. The molecule has 4 heterocycles. The number of rotatable bonds is 5. The molecular weight excluding hydrogens is 464 g/mol. The van der Waals surface area contributed by atoms with E-state index in [-0.39, 0.29) is 29.8 Å². The Labute approximate surface area is 208 Å². The number of anilines is 4. The minimum atomic E-state index is -0.662. The van der Waals surface area contributed by atoms with Gasteiger partial charge in [-0.2, -0.15) is 0 Å². The summed E-state index contributed by atoms with van der Waals surface area (Å²) >= 11 is 0. The van der Waals surface area contributed by atoms with Crippen LogP contribution in [0.25, 0.3) is 11.3 Å². The first-order chi connectivity index (χ1) is 17.3. The fraction of sp³-hybridized carbons (Fsp3) is 0.385. The molecule has 5 rings (SSSR count). The lowest BCUT2D eigenvalue weighted by Gasteiger charge is -2.28. The molecule has 2 aromatic heterocycles. The summed E-state index contributed by atoms with van der Waals surface area (Å²) in [4.78, 5) is 29.2. The van der Waals surface area contributed by atoms with Crippen molar-refractivity contribution in [3.8, 4) is 11.3 Å². The third-order valence-electron chi connectivity index (χ3n) is 6.59. The Kier molecular flexibility index (Phi) is 6.42. The summed E-state index contributed by atoms with van der Waals surface area (Å²) in [6.07, 6.45) is 5.64. The van der Waals surface area contributed by atoms with Crippen molar-refractivity contribution >= 4 is 29.0 Å². The Morgan fingerprint density at radius 1 is 1.08 bits per heavy atom. The first-order valence-corrected chi connectivity index (χ1v) is 12.3. The van der Waals surface area contributed by atoms with Crippen LogP contribution in [0.5, 0.6) is 0 Å². The number of nitrogens with one attached hydrogen (secondary N) is 2. The standard InChI is InChI=1S/C26H29F2N7O/c1-15(2)35-16(3)31-24-19(27)11-18(12-21(24)35)23-20(28)14-30-26(33-23)32-22-8-7-17(13-29-22)25(36)34-9-5-4-6-10-34/h7-8,11-16,31H,4-6,9-10H2,1-3H3,(H,29,30,32,33). The molecular formula is C26H29F2N7O. The summed E-state index contributed by atoms with van der Waals surface area (Å²) in [6.45, 7) is 7.51. The summed E-state index contributed by atoms with van der Waals surface area (Å²) in [6, 6.07) is 6.49. The van der Waals surface area contributed by atoms with Gasteiger partial charge < -0.3 is 20.4 Å². The van der Waals surface area contributed by atoms with Gasteiger partial charge in [-0.15, -0.1) is 0 Å². The predicted octanol–water partition coefficient (Wildman–Crippen LogP) is 5.17. The zero-order valence-corrected chi connectivity index (χ0v) is 20.6. The van der Waals surface area contributed by atoms with Crippen LogP contribution in [-0.4, -0.2) is 51.1 Å². The van der Waals surface area contributed by atoms with Crippen molar-refractivity contribution in [2.24, 2.45) is 0 Å². The van der Waals surface area contributed by atoms with Crippen molar-refractivity contribution in [1.82, 2.24) is 19.9 Å². The highest BCUT2D eigenvalue weighted by Crippen LogP contribution is 2.41. The van der Waals surface area contributed by atoms with Crippen molar-refractivity contribution in [2.75, 3.05) is 28.6 Å². The first kappa shape index (κ1) is 23.9. The Morgan fingerprint density at radius 3 is 2.56 bits per heavy atom. The van der Waals surface area contributed by atoms with Crippen molar-refractivity contribution < 1.29 is 13.6 Å². The van der Waals surface area contributed by atoms with Gasteiger partial charge in [0.25, 0.3) is 5.91 Å². The van der Waals surface area contributed by atoms with E-state index in [0.717, 1.165) is 38.5 Å². The summed E-state index contributed by atoms with van der Waals surface area (Å²) in [7, 11) is 0. The molecule has 1 atom stereocenters. The average molecular weight is 494 g/mol. The molecule has 8 nitrogen and oxygen atoms in total. The second kappa shape index (κ2) is 9.67. The van der Waals surface area contributed by atoms with Gasteiger partial charge in [0.05, 0.1) is 29.3 Å². The Balaban J connectivity index is 1.38. The number of aromatic nitrogens is 3. The molecule has 1 amide bonds. The molecule has 1 fully saturated rings. The van der Waals surface area contributed by atoms with Crippen molar-refractivity contribution in [3.05, 3.63) is 53.9 Å². The molecule has 1 aromatic carbocycles. The van der Waals surface area contributed by atoms with E-state index in [1.807, 2.05) is 30.6 Å². The second-order valence-electron chi connectivity index (χ2n) is 9.47. The Bertz CT molecular complexity index is 1280. The van der Waals surface area contributed by atoms with Gasteiger partial charge in [0, 0.05) is 30.9 Å². The van der Waals surface area contributed by atoms with Crippen LogP contribution in [0.4, 0.5) is 31.9 Å². The number of fused-ring (bicyclic) bond motifs is 1. The second-order valence-corrected chi connectivity index (χ2v) is 9.47. The normalized spacial score (nSPS) is 17.2. The van der Waals surface area contributed by atoms with Crippen LogP contribution < -0.4 is 15.5 Å². The molecule has 36 heavy (non-hydrogen) atoms. The van der Waals surface area contributed by atoms with Crippen molar-refractivity contribution in [2.45, 2.75) is 52.2 Å². The minimum Gasteiger partial charge on any atom is -0.361 e. The number of piperidine rings is 1. The number of carbonyl (C=O) groups excluding carboxylic acids is 1. The zero-order chi connectivity index (χ0) is 25.4. The Hall–Kier alpha value is -3.82. The molecule has 0 spiro atoms. The van der Waals surface area contributed by atoms with E-state index in [9.17, 15) is 13.6 Å². The number of nitrogens with zero attached hydrogens (tertiary/aromatic N) is 5. The molecule has 0 aliphatic carbocycles. The van der Waals surface area contributed by atoms with E-state index in [2.05, 4.69) is 25.6 Å². The van der Waals surface area contributed by atoms with Gasteiger partial charge >= 0.3 is 0 Å². The molecule has 1 saturated heterocycles. The smallest absolute Gasteiger partial charge is 0.255 e. The van der Waals surface area contributed by atoms with Crippen LogP contribution in [0.1, 0.15) is 50.4 Å². The van der Waals surface area contributed by atoms with E-state index < -0.39 is 11.6 Å². The van der Waals surface area contributed by atoms with E-state index in [1.165, 1.54) is 12.3 Å². The number of amides is 1. The molecule has 0 radical (unpaired) electrons. The lowest BCUT2D eigenvalue weighted by atomic mass is 10.1. The number of benzene rings is 1. The van der Waals surface area contributed by atoms with Gasteiger partial charge in [-0.3, -0.25) is 4.79 Å². The van der Waals surface area contributed by atoms with Gasteiger partial charge in [-0.25, -0.2) is 23.7 Å². The van der Waals surface area contributed by atoms with Crippen molar-refractivity contribution in [3.63, 3.8) is 0 Å². The lowest BCUT2D eigenvalue weighted by molar-refractivity contribution is 0.0724. The fourth-order valence-corrected chi connectivity index (χ4v) is 4.91. The monoisotopic (exact) mass is 493 g/mol. The molecule has 188 valence electrons. The van der Waals surface area contributed by atoms with E-state index >= 15 is 0 Å². The lowest BCUT2D eigenvalue weighted by Crippen LogP contribution is -2.38. The number of hydrogen-bond acceptors (Lipinski definition) is 7. The predicted molar refractivity (Wildman–Crippen MR) is 135 cm³/mol. The quantitative estimate of drug-likeness (QED) is 0.507. The number of pyridine rings is 1. The summed E-state index contributed by atoms with van der Waals surface area (Å²) in [5, 5.41) is 6.09. The molecule has 2 N–H and O–H groups in total. The van der Waals surface area contributed by atoms with Crippen LogP contribution in [0.2, 0.25) is 0 Å². The topological polar surface area (TPSA) is 86.3 Å². The van der Waals surface area contributed by atoms with Crippen LogP contribution in [-0.2, 0) is 0 Å². The molecule has 0 saturated carbocycles. The summed E-state index contributed by atoms with van der Waals surface area (Å²) in [5.41, 5.74) is 1.86. The highest BCUT2D eigenvalue weighted by molar-refractivity contribution is 5.94. The van der Waals surface area contributed by atoms with Gasteiger partial charge in [-0.05, 0) is 64.3 Å². The van der Waals surface area contributed by atoms with Crippen LogP contribution in [0.3, 0.4) is 0 Å². The highest BCUT2D eigenvalue weighted by atomic mass is 19.1. The first-order valence-electron chi connectivity index (χ1n) is 12.3. The molecule has 1 unspecified atom stereocenters. The number of likely N-dealkylation sites (tertiary alicyclic amines) is 1. The molecule has 0 bridgehead atoms. The minimum absolute atomic E-state index is 0.0191. The van der Waals surface area contributed by atoms with Crippen LogP contribution >= 0.6 is 0 Å². The Morgan fingerprint density at radius 2 is 1.86 bits per heavy atom. The number of halogens is 2. The van der Waals surface area contributed by atoms with E-state index in [1.54, 1.807) is 18.2 Å². The molecule has 2 aliphatic heterocycles. The highest BCUT2D eigenvalue weighted by Gasteiger charge is 2.31. The maximum Gasteiger partial charge on any atom is 0.255 e. The van der Waals surface area contributed by atoms with E-state index in [0.29, 0.717) is 28.3 Å². The molecule has 3 aromatic rings. The largest absolute Gasteiger partial charge is 0.361 e. The van der Waals surface area contributed by atoms with Gasteiger partial charge in [0.2, 0.25) is 5.95 Å². The van der Waals surface area contributed by atoms with Crippen LogP contribution in [0, 0.1) is 11.6 Å². The fourth-order valence-electron chi connectivity index (χ4n) is 4.91. The maximum atomic E-state index is 15.0. The number of hydrogen-bond donors (Lipinski definition) is 2. The zero-order valence-electron chi connectivity index (χ0n) is 20.6. The third kappa shape index (κ3) is 4.55. The average Bonchev–Trinajstić information content (AvgIpc) is 3.22. The summed E-state index contributed by atoms with van der Waals surface area (Å²) in [5.74, 6) is -0.646. The van der Waals surface area contributed by atoms with E-state index in [4.69, 9.17) is 0 Å². The van der Waals surface area contributed by atoms with Gasteiger partial charge in [0.1, 0.15) is 17.3 Å². The summed E-state index contributed by atoms with van der Waals surface area (Å²) < 4.78 is 29.7.